The lowest BCUT2D eigenvalue weighted by atomic mass is 10.2. The number of rotatable bonds is 3. The van der Waals surface area contributed by atoms with Crippen LogP contribution < -0.4 is 0 Å². The lowest BCUT2D eigenvalue weighted by molar-refractivity contribution is -0.183. The van der Waals surface area contributed by atoms with Gasteiger partial charge >= 0.3 is 5.97 Å². The smallest absolute Gasteiger partial charge is 0.299 e. The summed E-state index contributed by atoms with van der Waals surface area (Å²) in [6.45, 7) is 1.59. The van der Waals surface area contributed by atoms with Crippen molar-refractivity contribution in [2.75, 3.05) is 0 Å². The van der Waals surface area contributed by atoms with E-state index in [2.05, 4.69) is 4.94 Å². The van der Waals surface area contributed by atoms with Crippen LogP contribution in [0.5, 0.6) is 0 Å². The fraction of sp³-hybridized carbons (Fsp3) is 0.600. The predicted molar refractivity (Wildman–Crippen MR) is 27.1 cm³/mol. The highest BCUT2D eigenvalue weighted by atomic mass is 19.3. The Kier molecular flexibility index (Phi) is 3.59. The van der Waals surface area contributed by atoms with Gasteiger partial charge in [-0.1, -0.05) is 6.92 Å². The highest BCUT2D eigenvalue weighted by Gasteiger charge is 2.07. The molecule has 0 saturated carbocycles. The average Bonchev–Trinajstić information content (AvgIpc) is 1.87. The van der Waals surface area contributed by atoms with E-state index in [0.717, 1.165) is 0 Å². The maximum absolute atomic E-state index is 10.9. The maximum atomic E-state index is 10.9. The second-order valence-electron chi connectivity index (χ2n) is 1.52. The molecule has 0 saturated heterocycles. The number of ketones is 1. The zero-order valence-corrected chi connectivity index (χ0v) is 5.02. The van der Waals surface area contributed by atoms with Gasteiger partial charge in [0.1, 0.15) is 12.2 Å². The minimum atomic E-state index is -1.12. The predicted octanol–water partition coefficient (Wildman–Crippen LogP) is 0.783. The van der Waals surface area contributed by atoms with E-state index in [4.69, 9.17) is 0 Å². The van der Waals surface area contributed by atoms with Gasteiger partial charge in [-0.3, -0.25) is 9.74 Å². The van der Waals surface area contributed by atoms with Crippen LogP contribution in [0.2, 0.25) is 0 Å². The van der Waals surface area contributed by atoms with Crippen LogP contribution in [0.3, 0.4) is 0 Å². The Labute approximate surface area is 51.7 Å². The highest BCUT2D eigenvalue weighted by Crippen LogP contribution is 1.91. The monoisotopic (exact) mass is 134 g/mol. The molecule has 0 spiro atoms. The Morgan fingerprint density at radius 3 is 2.44 bits per heavy atom. The van der Waals surface area contributed by atoms with Crippen molar-refractivity contribution in [2.24, 2.45) is 0 Å². The van der Waals surface area contributed by atoms with Gasteiger partial charge in [0.25, 0.3) is 0 Å². The number of hydrogen-bond acceptors (Lipinski definition) is 3. The standard InChI is InChI=1S/C5H7FO3/c1-2-4(7)3-5(8)9-6/h2-3H2,1H3. The third-order valence-electron chi connectivity index (χ3n) is 0.822. The van der Waals surface area contributed by atoms with Crippen LogP contribution >= 0.6 is 0 Å². The molecule has 0 aromatic carbocycles. The van der Waals surface area contributed by atoms with E-state index in [1.165, 1.54) is 0 Å². The van der Waals surface area contributed by atoms with Crippen molar-refractivity contribution in [3.8, 4) is 0 Å². The van der Waals surface area contributed by atoms with Crippen molar-refractivity contribution >= 4 is 11.8 Å². The van der Waals surface area contributed by atoms with Gasteiger partial charge in [-0.25, -0.2) is 4.79 Å². The summed E-state index contributed by atoms with van der Waals surface area (Å²) in [4.78, 5) is 23.0. The molecule has 0 rings (SSSR count). The van der Waals surface area contributed by atoms with E-state index in [-0.39, 0.29) is 12.2 Å². The van der Waals surface area contributed by atoms with Crippen molar-refractivity contribution in [2.45, 2.75) is 19.8 Å². The third kappa shape index (κ3) is 3.64. The van der Waals surface area contributed by atoms with E-state index < -0.39 is 12.4 Å². The molecule has 0 N–H and O–H groups in total. The molecule has 0 heterocycles. The molecule has 0 radical (unpaired) electrons. The summed E-state index contributed by atoms with van der Waals surface area (Å²) in [5, 5.41) is 0. The molecule has 0 fully saturated rings. The van der Waals surface area contributed by atoms with E-state index >= 15 is 0 Å². The Morgan fingerprint density at radius 2 is 2.11 bits per heavy atom. The number of hydrogen-bond donors (Lipinski definition) is 0. The van der Waals surface area contributed by atoms with Gasteiger partial charge < -0.3 is 0 Å². The van der Waals surface area contributed by atoms with Crippen LogP contribution in [0, 0.1) is 0 Å². The van der Waals surface area contributed by atoms with Gasteiger partial charge in [0, 0.05) is 10.9 Å². The number of Topliss-reactive ketones (excluding diaryl/α,β-unsaturated/α-hetero) is 1. The lowest BCUT2D eigenvalue weighted by Crippen LogP contribution is -2.05. The first-order chi connectivity index (χ1) is 4.20. The normalized spacial score (nSPS) is 8.67. The minimum Gasteiger partial charge on any atom is -0.299 e. The molecule has 9 heavy (non-hydrogen) atoms. The zero-order valence-electron chi connectivity index (χ0n) is 5.02. The summed E-state index contributed by atoms with van der Waals surface area (Å²) >= 11 is 0. The first kappa shape index (κ1) is 8.07. The van der Waals surface area contributed by atoms with Crippen molar-refractivity contribution in [1.29, 1.82) is 0 Å². The number of carbonyl (C=O) groups is 2. The molecule has 52 valence electrons. The van der Waals surface area contributed by atoms with Crippen LogP contribution in [0.25, 0.3) is 0 Å². The molecular weight excluding hydrogens is 127 g/mol. The number of halogens is 1. The van der Waals surface area contributed by atoms with Crippen molar-refractivity contribution in [3.63, 3.8) is 0 Å². The molecule has 0 aliphatic rings. The Morgan fingerprint density at radius 1 is 1.56 bits per heavy atom. The largest absolute Gasteiger partial charge is 0.356 e. The zero-order chi connectivity index (χ0) is 7.28. The Hall–Kier alpha value is -0.930. The fourth-order valence-corrected chi connectivity index (χ4v) is 0.313. The minimum absolute atomic E-state index is 0.231. The summed E-state index contributed by atoms with van der Waals surface area (Å²) in [6.07, 6.45) is -0.234. The molecule has 0 aromatic heterocycles. The molecule has 0 aromatic rings. The molecule has 0 aliphatic heterocycles. The van der Waals surface area contributed by atoms with E-state index in [1.54, 1.807) is 6.92 Å². The quantitative estimate of drug-likeness (QED) is 0.536. The molecule has 0 aliphatic carbocycles. The number of carbonyl (C=O) groups excluding carboxylic acids is 2. The van der Waals surface area contributed by atoms with Crippen molar-refractivity contribution in [1.82, 2.24) is 0 Å². The first-order valence-corrected chi connectivity index (χ1v) is 2.53. The van der Waals surface area contributed by atoms with Crippen LogP contribution in [-0.2, 0) is 14.5 Å². The molecule has 0 unspecified atom stereocenters. The summed E-state index contributed by atoms with van der Waals surface area (Å²) < 4.78 is 10.9. The average molecular weight is 134 g/mol. The van der Waals surface area contributed by atoms with Crippen LogP contribution in [0.4, 0.5) is 4.53 Å². The van der Waals surface area contributed by atoms with Gasteiger partial charge in [-0.15, -0.1) is 0 Å². The maximum Gasteiger partial charge on any atom is 0.356 e. The van der Waals surface area contributed by atoms with Gasteiger partial charge in [-0.05, 0) is 0 Å². The van der Waals surface area contributed by atoms with E-state index in [1.807, 2.05) is 0 Å². The van der Waals surface area contributed by atoms with Gasteiger partial charge in [-0.2, -0.15) is 0 Å². The van der Waals surface area contributed by atoms with Crippen molar-refractivity contribution < 1.29 is 19.1 Å². The SMILES string of the molecule is CCC(=O)CC(=O)OF. The molecule has 3 nitrogen and oxygen atoms in total. The Balaban J connectivity index is 3.47. The summed E-state index contributed by atoms with van der Waals surface area (Å²) in [7, 11) is 0. The highest BCUT2D eigenvalue weighted by molar-refractivity contribution is 5.95. The second kappa shape index (κ2) is 4.00. The molecule has 0 amide bonds. The second-order valence-corrected chi connectivity index (χ2v) is 1.52. The van der Waals surface area contributed by atoms with Gasteiger partial charge in [0.2, 0.25) is 0 Å². The molecular formula is C5H7FO3. The first-order valence-electron chi connectivity index (χ1n) is 2.53. The summed E-state index contributed by atoms with van der Waals surface area (Å²) in [5.41, 5.74) is 0. The topological polar surface area (TPSA) is 43.4 Å². The van der Waals surface area contributed by atoms with Crippen molar-refractivity contribution in [3.05, 3.63) is 0 Å². The molecule has 0 atom stereocenters. The third-order valence-corrected chi connectivity index (χ3v) is 0.822. The fourth-order valence-electron chi connectivity index (χ4n) is 0.313. The van der Waals surface area contributed by atoms with Crippen LogP contribution in [0.15, 0.2) is 0 Å². The molecule has 4 heteroatoms. The Bertz CT molecular complexity index is 107. The van der Waals surface area contributed by atoms with Crippen LogP contribution in [0.1, 0.15) is 19.8 Å². The lowest BCUT2D eigenvalue weighted by Gasteiger charge is -1.89. The van der Waals surface area contributed by atoms with Gasteiger partial charge in [0.05, 0.1) is 0 Å². The summed E-state index contributed by atoms with van der Waals surface area (Å²) in [5.74, 6) is -1.44. The summed E-state index contributed by atoms with van der Waals surface area (Å²) in [6, 6.07) is 0. The van der Waals surface area contributed by atoms with Crippen LogP contribution in [-0.4, -0.2) is 11.8 Å². The van der Waals surface area contributed by atoms with E-state index in [9.17, 15) is 14.1 Å². The molecule has 0 bridgehead atoms. The van der Waals surface area contributed by atoms with E-state index in [0.29, 0.717) is 0 Å². The van der Waals surface area contributed by atoms with Gasteiger partial charge in [0.15, 0.2) is 0 Å².